The lowest BCUT2D eigenvalue weighted by molar-refractivity contribution is -0.384. The lowest BCUT2D eigenvalue weighted by Crippen LogP contribution is -2.37. The van der Waals surface area contributed by atoms with Crippen LogP contribution >= 0.6 is 11.6 Å². The summed E-state index contributed by atoms with van der Waals surface area (Å²) < 4.78 is 0. The third-order valence-electron chi connectivity index (χ3n) is 3.84. The van der Waals surface area contributed by atoms with Crippen molar-refractivity contribution >= 4 is 29.2 Å². The maximum atomic E-state index is 11.7. The number of aliphatic carboxylic acids is 2. The number of non-ortho nitro benzene ring substituents is 1. The second kappa shape index (κ2) is 5.85. The molecule has 1 aromatic carbocycles. The van der Waals surface area contributed by atoms with E-state index in [2.05, 4.69) is 0 Å². The van der Waals surface area contributed by atoms with Crippen molar-refractivity contribution in [1.82, 2.24) is 0 Å². The first-order valence-electron chi connectivity index (χ1n) is 6.48. The Kier molecular flexibility index (Phi) is 4.24. The van der Waals surface area contributed by atoms with Crippen molar-refractivity contribution in [3.8, 4) is 0 Å². The number of rotatable bonds is 4. The van der Waals surface area contributed by atoms with Gasteiger partial charge >= 0.3 is 11.9 Å². The van der Waals surface area contributed by atoms with E-state index in [-0.39, 0.29) is 21.8 Å². The number of nitro groups is 1. The van der Waals surface area contributed by atoms with Crippen molar-refractivity contribution in [2.24, 2.45) is 5.41 Å². The molecule has 1 aromatic rings. The maximum Gasteiger partial charge on any atom is 0.332 e. The number of carboxylic acids is 2. The van der Waals surface area contributed by atoms with Crippen molar-refractivity contribution in [2.45, 2.75) is 12.8 Å². The number of allylic oxidation sites excluding steroid dienone is 2. The van der Waals surface area contributed by atoms with E-state index in [0.29, 0.717) is 0 Å². The van der Waals surface area contributed by atoms with Crippen LogP contribution in [0.15, 0.2) is 42.0 Å². The smallest absolute Gasteiger partial charge is 0.332 e. The van der Waals surface area contributed by atoms with Crippen molar-refractivity contribution in [3.05, 3.63) is 62.7 Å². The Balaban J connectivity index is 2.73. The van der Waals surface area contributed by atoms with E-state index < -0.39 is 28.2 Å². The third-order valence-corrected chi connectivity index (χ3v) is 4.18. The summed E-state index contributed by atoms with van der Waals surface area (Å²) in [5, 5.41) is 30.0. The number of benzene rings is 1. The first-order valence-corrected chi connectivity index (χ1v) is 6.86. The van der Waals surface area contributed by atoms with E-state index >= 15 is 0 Å². The molecule has 7 nitrogen and oxygen atoms in total. The molecule has 120 valence electrons. The van der Waals surface area contributed by atoms with E-state index in [1.807, 2.05) is 0 Å². The minimum atomic E-state index is -1.60. The predicted octanol–water partition coefficient (Wildman–Crippen LogP) is 3.00. The van der Waals surface area contributed by atoms with Gasteiger partial charge < -0.3 is 10.2 Å². The average molecular weight is 338 g/mol. The number of halogens is 1. The van der Waals surface area contributed by atoms with Crippen molar-refractivity contribution in [1.29, 1.82) is 0 Å². The van der Waals surface area contributed by atoms with E-state index in [1.54, 1.807) is 0 Å². The zero-order chi connectivity index (χ0) is 17.4. The van der Waals surface area contributed by atoms with Crippen LogP contribution in [-0.4, -0.2) is 27.1 Å². The zero-order valence-electron chi connectivity index (χ0n) is 11.9. The van der Waals surface area contributed by atoms with Gasteiger partial charge in [0, 0.05) is 28.6 Å². The van der Waals surface area contributed by atoms with Crippen LogP contribution in [0.5, 0.6) is 0 Å². The Hall–Kier alpha value is -2.67. The molecule has 0 aliphatic heterocycles. The number of nitro benzene ring substituents is 1. The second-order valence-corrected chi connectivity index (χ2v) is 5.68. The highest BCUT2D eigenvalue weighted by molar-refractivity contribution is 6.31. The van der Waals surface area contributed by atoms with E-state index in [9.17, 15) is 29.9 Å². The number of nitrogens with zero attached hydrogens (tertiary/aromatic N) is 1. The van der Waals surface area contributed by atoms with Crippen LogP contribution in [0.2, 0.25) is 5.02 Å². The highest BCUT2D eigenvalue weighted by atomic mass is 35.5. The Labute approximate surface area is 135 Å². The lowest BCUT2D eigenvalue weighted by atomic mass is 9.67. The lowest BCUT2D eigenvalue weighted by Gasteiger charge is -2.34. The van der Waals surface area contributed by atoms with Gasteiger partial charge in [-0.25, -0.2) is 4.79 Å². The fourth-order valence-electron chi connectivity index (χ4n) is 2.61. The largest absolute Gasteiger partial charge is 0.481 e. The summed E-state index contributed by atoms with van der Waals surface area (Å²) >= 11 is 6.08. The molecule has 2 N–H and O–H groups in total. The minimum Gasteiger partial charge on any atom is -0.481 e. The molecule has 1 aliphatic rings. The van der Waals surface area contributed by atoms with Crippen LogP contribution in [0.3, 0.4) is 0 Å². The Bertz CT molecular complexity index is 769. The first-order chi connectivity index (χ1) is 10.7. The van der Waals surface area contributed by atoms with Crippen molar-refractivity contribution < 1.29 is 24.7 Å². The van der Waals surface area contributed by atoms with Crippen LogP contribution < -0.4 is 0 Å². The van der Waals surface area contributed by atoms with Gasteiger partial charge in [-0.15, -0.1) is 0 Å². The molecule has 1 aliphatic carbocycles. The number of hydrogen-bond donors (Lipinski definition) is 2. The van der Waals surface area contributed by atoms with Crippen LogP contribution in [0.25, 0.3) is 0 Å². The van der Waals surface area contributed by atoms with E-state index in [0.717, 1.165) is 6.07 Å². The van der Waals surface area contributed by atoms with Crippen molar-refractivity contribution in [3.63, 3.8) is 0 Å². The highest BCUT2D eigenvalue weighted by Gasteiger charge is 2.46. The molecular weight excluding hydrogens is 326 g/mol. The molecule has 0 bridgehead atoms. The molecule has 0 saturated heterocycles. The maximum absolute atomic E-state index is 11.7. The summed E-state index contributed by atoms with van der Waals surface area (Å²) in [6.07, 6.45) is 3.97. The molecular formula is C15H12ClNO6. The summed E-state index contributed by atoms with van der Waals surface area (Å²) in [5.41, 5.74) is -2.00. The molecule has 0 spiro atoms. The summed E-state index contributed by atoms with van der Waals surface area (Å²) in [7, 11) is 0. The molecule has 0 amide bonds. The topological polar surface area (TPSA) is 118 Å². The van der Waals surface area contributed by atoms with Gasteiger partial charge in [-0.05, 0) is 18.6 Å². The Morgan fingerprint density at radius 1 is 1.35 bits per heavy atom. The zero-order valence-corrected chi connectivity index (χ0v) is 12.6. The Morgan fingerprint density at radius 2 is 2.00 bits per heavy atom. The summed E-state index contributed by atoms with van der Waals surface area (Å²) in [5.74, 6) is -3.72. The molecule has 2 unspecified atom stereocenters. The minimum absolute atomic E-state index is 0.0653. The fourth-order valence-corrected chi connectivity index (χ4v) is 2.84. The van der Waals surface area contributed by atoms with Gasteiger partial charge in [0.25, 0.3) is 5.69 Å². The molecule has 23 heavy (non-hydrogen) atoms. The van der Waals surface area contributed by atoms with E-state index in [4.69, 9.17) is 11.6 Å². The van der Waals surface area contributed by atoms with Gasteiger partial charge in [-0.3, -0.25) is 14.9 Å². The molecule has 2 atom stereocenters. The SMILES string of the molecule is CC1(C(=O)O)C=CC=C(C(=O)O)C1c1cc([N+](=O)[O-])ccc1Cl. The molecule has 0 radical (unpaired) electrons. The van der Waals surface area contributed by atoms with Gasteiger partial charge in [0.05, 0.1) is 10.3 Å². The highest BCUT2D eigenvalue weighted by Crippen LogP contribution is 2.47. The normalized spacial score (nSPS) is 23.2. The predicted molar refractivity (Wildman–Crippen MR) is 81.4 cm³/mol. The molecule has 8 heteroatoms. The monoisotopic (exact) mass is 337 g/mol. The molecule has 0 fully saturated rings. The average Bonchev–Trinajstić information content (AvgIpc) is 2.47. The van der Waals surface area contributed by atoms with Gasteiger partial charge in [0.1, 0.15) is 0 Å². The molecule has 0 heterocycles. The van der Waals surface area contributed by atoms with E-state index in [1.165, 1.54) is 37.3 Å². The number of carbonyl (C=O) groups is 2. The first kappa shape index (κ1) is 16.7. The molecule has 0 aromatic heterocycles. The quantitative estimate of drug-likeness (QED) is 0.644. The number of hydrogen-bond acceptors (Lipinski definition) is 4. The summed E-state index contributed by atoms with van der Waals surface area (Å²) in [4.78, 5) is 33.5. The Morgan fingerprint density at radius 3 is 2.52 bits per heavy atom. The van der Waals surface area contributed by atoms with Crippen molar-refractivity contribution in [2.75, 3.05) is 0 Å². The number of carboxylic acid groups (broad SMARTS) is 2. The van der Waals surface area contributed by atoms with Gasteiger partial charge in [-0.2, -0.15) is 0 Å². The van der Waals surface area contributed by atoms with Gasteiger partial charge in [0.2, 0.25) is 0 Å². The third kappa shape index (κ3) is 2.83. The second-order valence-electron chi connectivity index (χ2n) is 5.27. The van der Waals surface area contributed by atoms with Gasteiger partial charge in [0.15, 0.2) is 0 Å². The van der Waals surface area contributed by atoms with Crippen LogP contribution in [0, 0.1) is 15.5 Å². The molecule has 0 saturated carbocycles. The van der Waals surface area contributed by atoms with Gasteiger partial charge in [-0.1, -0.05) is 29.8 Å². The molecule has 2 rings (SSSR count). The summed E-state index contributed by atoms with van der Waals surface area (Å²) in [6.45, 7) is 1.35. The van der Waals surface area contributed by atoms with Crippen LogP contribution in [0.1, 0.15) is 18.4 Å². The standard InChI is InChI=1S/C15H12ClNO6/c1-15(14(20)21)6-2-3-9(13(18)19)12(15)10-7-8(17(22)23)4-5-11(10)16/h2-7,12H,1H3,(H,18,19)(H,20,21). The fraction of sp³-hybridized carbons (Fsp3) is 0.200. The van der Waals surface area contributed by atoms with Crippen LogP contribution in [0.4, 0.5) is 5.69 Å². The summed E-state index contributed by atoms with van der Waals surface area (Å²) in [6, 6.07) is 3.55. The van der Waals surface area contributed by atoms with Crippen LogP contribution in [-0.2, 0) is 9.59 Å².